The minimum Gasteiger partial charge on any atom is -0.465 e. The minimum absolute atomic E-state index is 0.265. The third-order valence-electron chi connectivity index (χ3n) is 3.75. The van der Waals surface area contributed by atoms with Crippen molar-refractivity contribution in [2.24, 2.45) is 0 Å². The van der Waals surface area contributed by atoms with Gasteiger partial charge in [0.05, 0.1) is 12.7 Å². The monoisotopic (exact) mass is 252 g/mol. The number of benzene rings is 2. The zero-order chi connectivity index (χ0) is 13.2. The molecule has 2 atom stereocenters. The maximum atomic E-state index is 11.5. The second kappa shape index (κ2) is 4.88. The fourth-order valence-electron chi connectivity index (χ4n) is 2.65. The van der Waals surface area contributed by atoms with Crippen molar-refractivity contribution in [3.05, 3.63) is 71.3 Å². The largest absolute Gasteiger partial charge is 0.465 e. The van der Waals surface area contributed by atoms with Gasteiger partial charge >= 0.3 is 5.97 Å². The molecule has 0 heterocycles. The van der Waals surface area contributed by atoms with Crippen LogP contribution >= 0.6 is 0 Å². The lowest BCUT2D eigenvalue weighted by Crippen LogP contribution is -2.01. The number of methoxy groups -OCH3 is 1. The second-order valence-corrected chi connectivity index (χ2v) is 4.98. The Morgan fingerprint density at radius 1 is 1.00 bits per heavy atom. The van der Waals surface area contributed by atoms with Crippen molar-refractivity contribution in [3.8, 4) is 0 Å². The summed E-state index contributed by atoms with van der Waals surface area (Å²) in [5.74, 6) is 0.861. The molecule has 2 unspecified atom stereocenters. The van der Waals surface area contributed by atoms with Gasteiger partial charge in [-0.2, -0.15) is 0 Å². The van der Waals surface area contributed by atoms with E-state index in [4.69, 9.17) is 4.74 Å². The van der Waals surface area contributed by atoms with Gasteiger partial charge in [0.15, 0.2) is 0 Å². The number of hydrogen-bond donors (Lipinski definition) is 0. The first-order valence-corrected chi connectivity index (χ1v) is 6.53. The van der Waals surface area contributed by atoms with Crippen LogP contribution in [0.2, 0.25) is 0 Å². The Kier molecular flexibility index (Phi) is 3.08. The molecule has 2 aromatic carbocycles. The SMILES string of the molecule is COC(=O)c1cccc(C2CC2c2ccccc2)c1. The molecule has 0 aromatic heterocycles. The van der Waals surface area contributed by atoms with E-state index in [1.165, 1.54) is 18.2 Å². The Bertz CT molecular complexity index is 589. The first-order chi connectivity index (χ1) is 9.29. The average molecular weight is 252 g/mol. The summed E-state index contributed by atoms with van der Waals surface area (Å²) in [4.78, 5) is 11.5. The van der Waals surface area contributed by atoms with Crippen molar-refractivity contribution in [2.45, 2.75) is 18.3 Å². The second-order valence-electron chi connectivity index (χ2n) is 4.98. The van der Waals surface area contributed by atoms with E-state index in [0.717, 1.165) is 6.42 Å². The molecule has 1 aliphatic carbocycles. The van der Waals surface area contributed by atoms with Crippen LogP contribution < -0.4 is 0 Å². The molecule has 0 aliphatic heterocycles. The Morgan fingerprint density at radius 2 is 1.68 bits per heavy atom. The zero-order valence-corrected chi connectivity index (χ0v) is 10.9. The Labute approximate surface area is 113 Å². The van der Waals surface area contributed by atoms with Crippen LogP contribution in [-0.4, -0.2) is 13.1 Å². The topological polar surface area (TPSA) is 26.3 Å². The molecule has 19 heavy (non-hydrogen) atoms. The third-order valence-corrected chi connectivity index (χ3v) is 3.75. The van der Waals surface area contributed by atoms with Gasteiger partial charge in [-0.3, -0.25) is 0 Å². The maximum Gasteiger partial charge on any atom is 0.337 e. The van der Waals surface area contributed by atoms with Gasteiger partial charge in [0, 0.05) is 0 Å². The van der Waals surface area contributed by atoms with E-state index >= 15 is 0 Å². The summed E-state index contributed by atoms with van der Waals surface area (Å²) in [6, 6.07) is 18.3. The maximum absolute atomic E-state index is 11.5. The van der Waals surface area contributed by atoms with Crippen LogP contribution in [0.3, 0.4) is 0 Å². The average Bonchev–Trinajstić information content (AvgIpc) is 3.28. The van der Waals surface area contributed by atoms with Crippen molar-refractivity contribution in [2.75, 3.05) is 7.11 Å². The lowest BCUT2D eigenvalue weighted by molar-refractivity contribution is 0.0600. The Hall–Kier alpha value is -2.09. The van der Waals surface area contributed by atoms with Crippen molar-refractivity contribution < 1.29 is 9.53 Å². The highest BCUT2D eigenvalue weighted by Gasteiger charge is 2.39. The normalized spacial score (nSPS) is 20.9. The van der Waals surface area contributed by atoms with E-state index in [0.29, 0.717) is 17.4 Å². The van der Waals surface area contributed by atoms with E-state index in [1.807, 2.05) is 18.2 Å². The van der Waals surface area contributed by atoms with Gasteiger partial charge < -0.3 is 4.74 Å². The van der Waals surface area contributed by atoms with Gasteiger partial charge in [-0.05, 0) is 41.5 Å². The van der Waals surface area contributed by atoms with Crippen LogP contribution in [0.4, 0.5) is 0 Å². The van der Waals surface area contributed by atoms with Gasteiger partial charge in [0.2, 0.25) is 0 Å². The molecule has 1 aliphatic rings. The first-order valence-electron chi connectivity index (χ1n) is 6.53. The molecule has 2 heteroatoms. The fraction of sp³-hybridized carbons (Fsp3) is 0.235. The van der Waals surface area contributed by atoms with Gasteiger partial charge in [0.25, 0.3) is 0 Å². The van der Waals surface area contributed by atoms with E-state index in [9.17, 15) is 4.79 Å². The van der Waals surface area contributed by atoms with Gasteiger partial charge in [-0.15, -0.1) is 0 Å². The molecular weight excluding hydrogens is 236 g/mol. The fourth-order valence-corrected chi connectivity index (χ4v) is 2.65. The smallest absolute Gasteiger partial charge is 0.337 e. The van der Waals surface area contributed by atoms with Crippen molar-refractivity contribution in [3.63, 3.8) is 0 Å². The molecule has 0 bridgehead atoms. The summed E-state index contributed by atoms with van der Waals surface area (Å²) < 4.78 is 4.76. The molecule has 0 spiro atoms. The van der Waals surface area contributed by atoms with Crippen LogP contribution in [0.5, 0.6) is 0 Å². The van der Waals surface area contributed by atoms with Crippen molar-refractivity contribution in [1.29, 1.82) is 0 Å². The molecule has 1 saturated carbocycles. The van der Waals surface area contributed by atoms with E-state index in [2.05, 4.69) is 30.3 Å². The number of carbonyl (C=O) groups is 1. The molecule has 0 amide bonds. The van der Waals surface area contributed by atoms with Gasteiger partial charge in [-0.1, -0.05) is 42.5 Å². The lowest BCUT2D eigenvalue weighted by Gasteiger charge is -2.04. The Balaban J connectivity index is 1.80. The molecular formula is C17H16O2. The highest BCUT2D eigenvalue weighted by molar-refractivity contribution is 5.89. The predicted octanol–water partition coefficient (Wildman–Crippen LogP) is 3.74. The summed E-state index contributed by atoms with van der Waals surface area (Å²) in [5.41, 5.74) is 3.26. The van der Waals surface area contributed by atoms with Crippen LogP contribution in [0.1, 0.15) is 39.7 Å². The molecule has 0 saturated heterocycles. The number of hydrogen-bond acceptors (Lipinski definition) is 2. The summed E-state index contributed by atoms with van der Waals surface area (Å²) in [5, 5.41) is 0. The standard InChI is InChI=1S/C17H16O2/c1-19-17(18)14-9-5-8-13(10-14)16-11-15(16)12-6-3-2-4-7-12/h2-10,15-16H,11H2,1H3. The molecule has 96 valence electrons. The van der Waals surface area contributed by atoms with Gasteiger partial charge in [0.1, 0.15) is 0 Å². The van der Waals surface area contributed by atoms with E-state index < -0.39 is 0 Å². The molecule has 1 fully saturated rings. The number of ether oxygens (including phenoxy) is 1. The zero-order valence-electron chi connectivity index (χ0n) is 10.9. The highest BCUT2D eigenvalue weighted by atomic mass is 16.5. The number of esters is 1. The summed E-state index contributed by atoms with van der Waals surface area (Å²) in [6.45, 7) is 0. The Morgan fingerprint density at radius 3 is 2.42 bits per heavy atom. The number of rotatable bonds is 3. The predicted molar refractivity (Wildman–Crippen MR) is 74.3 cm³/mol. The van der Waals surface area contributed by atoms with Crippen LogP contribution in [-0.2, 0) is 4.74 Å². The third kappa shape index (κ3) is 2.39. The highest BCUT2D eigenvalue weighted by Crippen LogP contribution is 2.54. The van der Waals surface area contributed by atoms with Gasteiger partial charge in [-0.25, -0.2) is 4.79 Å². The summed E-state index contributed by atoms with van der Waals surface area (Å²) in [6.07, 6.45) is 1.16. The quantitative estimate of drug-likeness (QED) is 0.778. The summed E-state index contributed by atoms with van der Waals surface area (Å²) in [7, 11) is 1.42. The lowest BCUT2D eigenvalue weighted by atomic mass is 10.0. The number of carbonyl (C=O) groups excluding carboxylic acids is 1. The molecule has 0 N–H and O–H groups in total. The molecule has 2 nitrogen and oxygen atoms in total. The van der Waals surface area contributed by atoms with Crippen molar-refractivity contribution in [1.82, 2.24) is 0 Å². The summed E-state index contributed by atoms with van der Waals surface area (Å²) >= 11 is 0. The van der Waals surface area contributed by atoms with E-state index in [-0.39, 0.29) is 5.97 Å². The van der Waals surface area contributed by atoms with Crippen LogP contribution in [0.15, 0.2) is 54.6 Å². The van der Waals surface area contributed by atoms with Crippen LogP contribution in [0.25, 0.3) is 0 Å². The molecule has 2 aromatic rings. The molecule has 3 rings (SSSR count). The first kappa shape index (κ1) is 12.0. The minimum atomic E-state index is -0.265. The molecule has 0 radical (unpaired) electrons. The van der Waals surface area contributed by atoms with Crippen LogP contribution in [0, 0.1) is 0 Å². The van der Waals surface area contributed by atoms with Crippen molar-refractivity contribution >= 4 is 5.97 Å². The van der Waals surface area contributed by atoms with E-state index in [1.54, 1.807) is 6.07 Å².